The molecule has 0 bridgehead atoms. The maximum absolute atomic E-state index is 12.1. The summed E-state index contributed by atoms with van der Waals surface area (Å²) in [6.45, 7) is 0. The lowest BCUT2D eigenvalue weighted by Gasteiger charge is -2.02. The van der Waals surface area contributed by atoms with Gasteiger partial charge < -0.3 is 10.2 Å². The maximum atomic E-state index is 12.1. The van der Waals surface area contributed by atoms with Crippen LogP contribution in [0.1, 0.15) is 37.1 Å². The number of para-hydroxylation sites is 1. The lowest BCUT2D eigenvalue weighted by atomic mass is 10.0. The van der Waals surface area contributed by atoms with Crippen molar-refractivity contribution in [2.45, 2.75) is 38.5 Å². The molecule has 0 saturated carbocycles. The Morgan fingerprint density at radius 3 is 2.54 bits per heavy atom. The molecule has 0 amide bonds. The van der Waals surface area contributed by atoms with Crippen LogP contribution >= 0.6 is 0 Å². The average molecular weight is 348 g/mol. The van der Waals surface area contributed by atoms with Crippen molar-refractivity contribution in [1.29, 1.82) is 0 Å². The van der Waals surface area contributed by atoms with Gasteiger partial charge in [-0.2, -0.15) is 0 Å². The summed E-state index contributed by atoms with van der Waals surface area (Å²) in [7, 11) is 0. The van der Waals surface area contributed by atoms with Crippen molar-refractivity contribution in [2.75, 3.05) is 5.73 Å². The van der Waals surface area contributed by atoms with Gasteiger partial charge in [-0.25, -0.2) is 4.98 Å². The van der Waals surface area contributed by atoms with Crippen molar-refractivity contribution in [2.24, 2.45) is 0 Å². The van der Waals surface area contributed by atoms with E-state index in [1.165, 1.54) is 5.56 Å². The number of benzene rings is 2. The maximum Gasteiger partial charge on any atom is 0.202 e. The fourth-order valence-electron chi connectivity index (χ4n) is 2.97. The van der Waals surface area contributed by atoms with Crippen LogP contribution in [0.25, 0.3) is 11.3 Å². The van der Waals surface area contributed by atoms with E-state index in [-0.39, 0.29) is 12.2 Å². The molecule has 134 valence electrons. The van der Waals surface area contributed by atoms with Crippen molar-refractivity contribution >= 4 is 11.5 Å². The van der Waals surface area contributed by atoms with Crippen molar-refractivity contribution < 1.29 is 9.21 Å². The van der Waals surface area contributed by atoms with Gasteiger partial charge in [-0.15, -0.1) is 0 Å². The molecule has 0 spiro atoms. The number of anilines is 1. The SMILES string of the molecule is Nc1ccccc1-c1cnc(CC(=O)CCCCCc2ccccc2)o1. The summed E-state index contributed by atoms with van der Waals surface area (Å²) in [4.78, 5) is 16.3. The monoisotopic (exact) mass is 348 g/mol. The highest BCUT2D eigenvalue weighted by atomic mass is 16.4. The van der Waals surface area contributed by atoms with Gasteiger partial charge in [0.25, 0.3) is 0 Å². The number of ketones is 1. The summed E-state index contributed by atoms with van der Waals surface area (Å²) in [5, 5.41) is 0. The van der Waals surface area contributed by atoms with E-state index in [0.717, 1.165) is 31.2 Å². The van der Waals surface area contributed by atoms with Gasteiger partial charge in [-0.3, -0.25) is 4.79 Å². The Morgan fingerprint density at radius 1 is 0.962 bits per heavy atom. The third kappa shape index (κ3) is 5.06. The van der Waals surface area contributed by atoms with E-state index in [2.05, 4.69) is 29.2 Å². The molecule has 26 heavy (non-hydrogen) atoms. The lowest BCUT2D eigenvalue weighted by molar-refractivity contribution is -0.118. The number of nitrogen functional groups attached to an aromatic ring is 1. The van der Waals surface area contributed by atoms with Gasteiger partial charge in [-0.05, 0) is 37.0 Å². The molecule has 0 radical (unpaired) electrons. The molecule has 4 heteroatoms. The lowest BCUT2D eigenvalue weighted by Crippen LogP contribution is -2.02. The second-order valence-electron chi connectivity index (χ2n) is 6.47. The average Bonchev–Trinajstić information content (AvgIpc) is 3.11. The number of aryl methyl sites for hydroxylation is 1. The fourth-order valence-corrected chi connectivity index (χ4v) is 2.97. The number of rotatable bonds is 9. The van der Waals surface area contributed by atoms with E-state index >= 15 is 0 Å². The molecule has 2 aromatic carbocycles. The molecule has 0 fully saturated rings. The molecular formula is C22H24N2O2. The summed E-state index contributed by atoms with van der Waals surface area (Å²) >= 11 is 0. The minimum atomic E-state index is 0.166. The first kappa shape index (κ1) is 17.9. The summed E-state index contributed by atoms with van der Waals surface area (Å²) in [5.41, 5.74) is 8.74. The van der Waals surface area contributed by atoms with Crippen LogP contribution in [-0.2, 0) is 17.6 Å². The Bertz CT molecular complexity index is 840. The second kappa shape index (κ2) is 8.99. The number of Topliss-reactive ketones (excluding diaryl/α,β-unsaturated/α-hetero) is 1. The Kier molecular flexibility index (Phi) is 6.20. The predicted octanol–water partition coefficient (Wildman–Crippen LogP) is 4.84. The van der Waals surface area contributed by atoms with Crippen LogP contribution < -0.4 is 5.73 Å². The van der Waals surface area contributed by atoms with Gasteiger partial charge in [0.05, 0.1) is 12.6 Å². The summed E-state index contributed by atoms with van der Waals surface area (Å²) in [5.74, 6) is 1.23. The number of nitrogens with zero attached hydrogens (tertiary/aromatic N) is 1. The Morgan fingerprint density at radius 2 is 1.73 bits per heavy atom. The third-order valence-corrected chi connectivity index (χ3v) is 4.39. The zero-order valence-electron chi connectivity index (χ0n) is 14.9. The van der Waals surface area contributed by atoms with Gasteiger partial charge in [0.2, 0.25) is 5.89 Å². The standard InChI is InChI=1S/C22H24N2O2/c23-20-14-8-7-13-19(20)21-16-24-22(26-21)15-18(25)12-6-2-5-11-17-9-3-1-4-10-17/h1,3-4,7-10,13-14,16H,2,5-6,11-12,15,23H2. The molecule has 0 aliphatic heterocycles. The number of carbonyl (C=O) groups excluding carboxylic acids is 1. The Labute approximate surface area is 154 Å². The second-order valence-corrected chi connectivity index (χ2v) is 6.47. The molecular weight excluding hydrogens is 324 g/mol. The highest BCUT2D eigenvalue weighted by Crippen LogP contribution is 2.26. The van der Waals surface area contributed by atoms with Gasteiger partial charge in [-0.1, -0.05) is 48.9 Å². The van der Waals surface area contributed by atoms with Crippen LogP contribution in [0.3, 0.4) is 0 Å². The first-order chi connectivity index (χ1) is 12.7. The molecule has 2 N–H and O–H groups in total. The van der Waals surface area contributed by atoms with E-state index < -0.39 is 0 Å². The number of aromatic nitrogens is 1. The number of unbranched alkanes of at least 4 members (excludes halogenated alkanes) is 2. The number of oxazole rings is 1. The molecule has 3 aromatic rings. The number of hydrogen-bond acceptors (Lipinski definition) is 4. The van der Waals surface area contributed by atoms with Crippen molar-refractivity contribution in [1.82, 2.24) is 4.98 Å². The van der Waals surface area contributed by atoms with E-state index in [1.54, 1.807) is 6.20 Å². The smallest absolute Gasteiger partial charge is 0.202 e. The van der Waals surface area contributed by atoms with E-state index in [0.29, 0.717) is 23.8 Å². The van der Waals surface area contributed by atoms with Gasteiger partial charge >= 0.3 is 0 Å². The van der Waals surface area contributed by atoms with Crippen molar-refractivity contribution in [3.63, 3.8) is 0 Å². The zero-order chi connectivity index (χ0) is 18.2. The molecule has 0 saturated heterocycles. The van der Waals surface area contributed by atoms with Crippen LogP contribution in [0, 0.1) is 0 Å². The molecule has 0 aliphatic carbocycles. The topological polar surface area (TPSA) is 69.1 Å². The van der Waals surface area contributed by atoms with Crippen LogP contribution in [0.5, 0.6) is 0 Å². The van der Waals surface area contributed by atoms with Crippen molar-refractivity contribution in [3.05, 3.63) is 72.2 Å². The highest BCUT2D eigenvalue weighted by molar-refractivity contribution is 5.80. The quantitative estimate of drug-likeness (QED) is 0.444. The minimum absolute atomic E-state index is 0.166. The van der Waals surface area contributed by atoms with Gasteiger partial charge in [0, 0.05) is 17.7 Å². The van der Waals surface area contributed by atoms with Crippen molar-refractivity contribution in [3.8, 4) is 11.3 Å². The van der Waals surface area contributed by atoms with Crippen LogP contribution in [0.2, 0.25) is 0 Å². The molecule has 0 unspecified atom stereocenters. The van der Waals surface area contributed by atoms with Gasteiger partial charge in [0.1, 0.15) is 5.78 Å². The van der Waals surface area contributed by atoms with Crippen LogP contribution in [0.4, 0.5) is 5.69 Å². The van der Waals surface area contributed by atoms with E-state index in [1.807, 2.05) is 30.3 Å². The van der Waals surface area contributed by atoms with E-state index in [9.17, 15) is 4.79 Å². The minimum Gasteiger partial charge on any atom is -0.440 e. The molecule has 3 rings (SSSR count). The Balaban J connectivity index is 1.41. The van der Waals surface area contributed by atoms with E-state index in [4.69, 9.17) is 10.2 Å². The number of hydrogen-bond donors (Lipinski definition) is 1. The summed E-state index contributed by atoms with van der Waals surface area (Å²) < 4.78 is 5.69. The van der Waals surface area contributed by atoms with Gasteiger partial charge in [0.15, 0.2) is 5.76 Å². The number of carbonyl (C=O) groups is 1. The Hall–Kier alpha value is -2.88. The predicted molar refractivity (Wildman–Crippen MR) is 104 cm³/mol. The van der Waals surface area contributed by atoms with Crippen LogP contribution in [0.15, 0.2) is 65.2 Å². The largest absolute Gasteiger partial charge is 0.440 e. The summed E-state index contributed by atoms with van der Waals surface area (Å²) in [6.07, 6.45) is 6.58. The molecule has 0 aliphatic rings. The fraction of sp³-hybridized carbons (Fsp3) is 0.273. The van der Waals surface area contributed by atoms with Crippen LogP contribution in [-0.4, -0.2) is 10.8 Å². The third-order valence-electron chi connectivity index (χ3n) is 4.39. The number of nitrogens with two attached hydrogens (primary N) is 1. The summed E-state index contributed by atoms with van der Waals surface area (Å²) in [6, 6.07) is 17.9. The normalized spacial score (nSPS) is 10.8. The first-order valence-electron chi connectivity index (χ1n) is 9.07. The molecule has 1 heterocycles. The zero-order valence-corrected chi connectivity index (χ0v) is 14.9. The highest BCUT2D eigenvalue weighted by Gasteiger charge is 2.12. The first-order valence-corrected chi connectivity index (χ1v) is 9.07. The molecule has 4 nitrogen and oxygen atoms in total. The molecule has 1 aromatic heterocycles. The molecule has 0 atom stereocenters.